The largest absolute Gasteiger partial charge is 0.103 e. The minimum absolute atomic E-state index is 0.341. The van der Waals surface area contributed by atoms with Crippen molar-refractivity contribution in [3.05, 3.63) is 12.7 Å². The van der Waals surface area contributed by atoms with E-state index in [0.717, 1.165) is 5.92 Å². The van der Waals surface area contributed by atoms with Gasteiger partial charge in [0.2, 0.25) is 0 Å². The highest BCUT2D eigenvalue weighted by Gasteiger charge is 2.11. The van der Waals surface area contributed by atoms with E-state index >= 15 is 0 Å². The highest BCUT2D eigenvalue weighted by molar-refractivity contribution is 4.86. The van der Waals surface area contributed by atoms with E-state index in [4.69, 9.17) is 0 Å². The molecule has 0 bridgehead atoms. The Morgan fingerprint density at radius 1 is 1.21 bits per heavy atom. The van der Waals surface area contributed by atoms with E-state index in [9.17, 15) is 0 Å². The molecule has 0 spiro atoms. The molecule has 1 unspecified atom stereocenters. The van der Waals surface area contributed by atoms with Crippen LogP contribution >= 0.6 is 0 Å². The van der Waals surface area contributed by atoms with Gasteiger partial charge in [0.15, 0.2) is 0 Å². The van der Waals surface area contributed by atoms with E-state index in [0.29, 0.717) is 5.41 Å². The van der Waals surface area contributed by atoms with Gasteiger partial charge in [0.25, 0.3) is 0 Å². The van der Waals surface area contributed by atoms with Crippen molar-refractivity contribution in [2.24, 2.45) is 11.3 Å². The van der Waals surface area contributed by atoms with Gasteiger partial charge in [0.1, 0.15) is 0 Å². The van der Waals surface area contributed by atoms with Crippen LogP contribution in [-0.4, -0.2) is 0 Å². The van der Waals surface area contributed by atoms with E-state index in [1.807, 2.05) is 0 Å². The summed E-state index contributed by atoms with van der Waals surface area (Å²) in [4.78, 5) is 0. The molecule has 0 amide bonds. The third kappa shape index (κ3) is 7.17. The molecule has 14 heavy (non-hydrogen) atoms. The van der Waals surface area contributed by atoms with Crippen molar-refractivity contribution < 1.29 is 0 Å². The van der Waals surface area contributed by atoms with Gasteiger partial charge in [0.05, 0.1) is 0 Å². The second-order valence-corrected chi connectivity index (χ2v) is 5.33. The first-order valence-corrected chi connectivity index (χ1v) is 6.15. The van der Waals surface area contributed by atoms with Gasteiger partial charge in [-0.3, -0.25) is 0 Å². The Hall–Kier alpha value is -0.260. The Bertz CT molecular complexity index is 144. The lowest BCUT2D eigenvalue weighted by Gasteiger charge is -2.19. The second-order valence-electron chi connectivity index (χ2n) is 5.33. The number of allylic oxidation sites excluding steroid dienone is 1. The van der Waals surface area contributed by atoms with Gasteiger partial charge in [-0.05, 0) is 17.8 Å². The van der Waals surface area contributed by atoms with Gasteiger partial charge in [-0.1, -0.05) is 65.9 Å². The molecule has 0 aromatic heterocycles. The van der Waals surface area contributed by atoms with Gasteiger partial charge in [-0.25, -0.2) is 0 Å². The second kappa shape index (κ2) is 7.09. The number of unbranched alkanes of at least 4 members (excludes halogenated alkanes) is 1. The van der Waals surface area contributed by atoms with Crippen molar-refractivity contribution >= 4 is 0 Å². The molecule has 0 rings (SSSR count). The summed E-state index contributed by atoms with van der Waals surface area (Å²) in [5.41, 5.74) is 0.341. The fourth-order valence-electron chi connectivity index (χ4n) is 1.81. The number of hydrogen-bond acceptors (Lipinski definition) is 0. The van der Waals surface area contributed by atoms with Crippen LogP contribution < -0.4 is 0 Å². The molecule has 0 aromatic carbocycles. The van der Waals surface area contributed by atoms with Gasteiger partial charge in [-0.15, -0.1) is 6.58 Å². The summed E-state index contributed by atoms with van der Waals surface area (Å²) in [6, 6.07) is 0. The van der Waals surface area contributed by atoms with Crippen molar-refractivity contribution in [3.8, 4) is 0 Å². The maximum absolute atomic E-state index is 3.88. The first kappa shape index (κ1) is 13.7. The zero-order valence-electron chi connectivity index (χ0n) is 10.6. The maximum atomic E-state index is 3.88. The summed E-state index contributed by atoms with van der Waals surface area (Å²) >= 11 is 0. The van der Waals surface area contributed by atoms with E-state index in [1.54, 1.807) is 0 Å². The zero-order chi connectivity index (χ0) is 11.0. The predicted octanol–water partition coefficient (Wildman–Crippen LogP) is 5.20. The third-order valence-electron chi connectivity index (χ3n) is 3.10. The molecule has 0 radical (unpaired) electrons. The Labute approximate surface area is 90.8 Å². The molecule has 1 atom stereocenters. The standard InChI is InChI=1S/C14H28/c1-6-10-13(3)11-8-9-12-14(4,5)7-2/h7,13H,2,6,8-12H2,1,3-5H3. The summed E-state index contributed by atoms with van der Waals surface area (Å²) in [6.07, 6.45) is 10.2. The molecule has 0 saturated heterocycles. The van der Waals surface area contributed by atoms with E-state index in [1.165, 1.54) is 38.5 Å². The molecule has 0 nitrogen and oxygen atoms in total. The molecule has 0 aliphatic carbocycles. The smallest absolute Gasteiger partial charge is 0.0178 e. The van der Waals surface area contributed by atoms with Crippen molar-refractivity contribution in [1.82, 2.24) is 0 Å². The Kier molecular flexibility index (Phi) is 6.96. The molecule has 84 valence electrons. The van der Waals surface area contributed by atoms with Crippen molar-refractivity contribution in [2.45, 2.75) is 66.2 Å². The fraction of sp³-hybridized carbons (Fsp3) is 0.857. The van der Waals surface area contributed by atoms with Crippen molar-refractivity contribution in [1.29, 1.82) is 0 Å². The highest BCUT2D eigenvalue weighted by Crippen LogP contribution is 2.25. The fourth-order valence-corrected chi connectivity index (χ4v) is 1.81. The van der Waals surface area contributed by atoms with Crippen LogP contribution in [0, 0.1) is 11.3 Å². The normalized spacial score (nSPS) is 14.0. The maximum Gasteiger partial charge on any atom is -0.0178 e. The SMILES string of the molecule is C=CC(C)(C)CCCCC(C)CCC. The minimum Gasteiger partial charge on any atom is -0.103 e. The van der Waals surface area contributed by atoms with E-state index < -0.39 is 0 Å². The first-order chi connectivity index (χ1) is 6.52. The number of rotatable bonds is 8. The van der Waals surface area contributed by atoms with E-state index in [2.05, 4.69) is 40.3 Å². The van der Waals surface area contributed by atoms with Gasteiger partial charge in [0, 0.05) is 0 Å². The summed E-state index contributed by atoms with van der Waals surface area (Å²) in [5, 5.41) is 0. The quantitative estimate of drug-likeness (QED) is 0.370. The monoisotopic (exact) mass is 196 g/mol. The van der Waals surface area contributed by atoms with Crippen LogP contribution in [0.25, 0.3) is 0 Å². The molecule has 0 heteroatoms. The van der Waals surface area contributed by atoms with Crippen LogP contribution in [0.2, 0.25) is 0 Å². The van der Waals surface area contributed by atoms with Crippen LogP contribution in [-0.2, 0) is 0 Å². The summed E-state index contributed by atoms with van der Waals surface area (Å²) in [5.74, 6) is 0.923. The van der Waals surface area contributed by atoms with Crippen LogP contribution in [0.5, 0.6) is 0 Å². The highest BCUT2D eigenvalue weighted by atomic mass is 14.2. The Balaban J connectivity index is 3.42. The Morgan fingerprint density at radius 3 is 2.36 bits per heavy atom. The third-order valence-corrected chi connectivity index (χ3v) is 3.10. The predicted molar refractivity (Wildman–Crippen MR) is 66.5 cm³/mol. The van der Waals surface area contributed by atoms with Crippen molar-refractivity contribution in [3.63, 3.8) is 0 Å². The van der Waals surface area contributed by atoms with Crippen LogP contribution in [0.4, 0.5) is 0 Å². The van der Waals surface area contributed by atoms with Crippen molar-refractivity contribution in [2.75, 3.05) is 0 Å². The topological polar surface area (TPSA) is 0 Å². The van der Waals surface area contributed by atoms with Crippen LogP contribution in [0.1, 0.15) is 66.2 Å². The molecule has 0 N–H and O–H groups in total. The lowest BCUT2D eigenvalue weighted by Crippen LogP contribution is -2.06. The summed E-state index contributed by atoms with van der Waals surface area (Å²) in [6.45, 7) is 13.1. The van der Waals surface area contributed by atoms with Gasteiger partial charge < -0.3 is 0 Å². The average Bonchev–Trinajstić information content (AvgIpc) is 2.13. The van der Waals surface area contributed by atoms with Gasteiger partial charge >= 0.3 is 0 Å². The minimum atomic E-state index is 0.341. The zero-order valence-corrected chi connectivity index (χ0v) is 10.6. The lowest BCUT2D eigenvalue weighted by atomic mass is 9.86. The molecule has 0 aliphatic heterocycles. The summed E-state index contributed by atoms with van der Waals surface area (Å²) < 4.78 is 0. The molecule has 0 aliphatic rings. The number of hydrogen-bond donors (Lipinski definition) is 0. The Morgan fingerprint density at radius 2 is 1.86 bits per heavy atom. The summed E-state index contributed by atoms with van der Waals surface area (Å²) in [7, 11) is 0. The molecule has 0 saturated carbocycles. The van der Waals surface area contributed by atoms with Crippen LogP contribution in [0.3, 0.4) is 0 Å². The lowest BCUT2D eigenvalue weighted by molar-refractivity contribution is 0.388. The molecule has 0 heterocycles. The first-order valence-electron chi connectivity index (χ1n) is 6.15. The van der Waals surface area contributed by atoms with Gasteiger partial charge in [-0.2, -0.15) is 0 Å². The average molecular weight is 196 g/mol. The van der Waals surface area contributed by atoms with Crippen LogP contribution in [0.15, 0.2) is 12.7 Å². The molecule has 0 aromatic rings. The molecular weight excluding hydrogens is 168 g/mol. The molecular formula is C14H28. The van der Waals surface area contributed by atoms with E-state index in [-0.39, 0.29) is 0 Å². The molecule has 0 fully saturated rings.